The van der Waals surface area contributed by atoms with Gasteiger partial charge in [0.15, 0.2) is 0 Å². The van der Waals surface area contributed by atoms with Gasteiger partial charge < -0.3 is 4.74 Å². The molecule has 1 unspecified atom stereocenters. The van der Waals surface area contributed by atoms with Gasteiger partial charge in [-0.1, -0.05) is 25.1 Å². The summed E-state index contributed by atoms with van der Waals surface area (Å²) in [6.45, 7) is 4.73. The molecule has 1 nitrogen and oxygen atoms in total. The third-order valence-corrected chi connectivity index (χ3v) is 2.46. The first-order valence-corrected chi connectivity index (χ1v) is 5.09. The highest BCUT2D eigenvalue weighted by Gasteiger charge is 2.10. The number of hydrogen-bond acceptors (Lipinski definition) is 1. The molecule has 0 bridgehead atoms. The fraction of sp³-hybridized carbons (Fsp3) is 0.455. The Morgan fingerprint density at radius 3 is 2.62 bits per heavy atom. The van der Waals surface area contributed by atoms with Crippen LogP contribution in [0.2, 0.25) is 0 Å². The van der Waals surface area contributed by atoms with E-state index >= 15 is 0 Å². The zero-order valence-corrected chi connectivity index (χ0v) is 8.84. The fourth-order valence-electron chi connectivity index (χ4n) is 1.25. The highest BCUT2D eigenvalue weighted by atomic mass is 35.5. The lowest BCUT2D eigenvalue weighted by atomic mass is 10.1. The van der Waals surface area contributed by atoms with Gasteiger partial charge in [-0.25, -0.2) is 0 Å². The van der Waals surface area contributed by atoms with Crippen molar-refractivity contribution in [2.45, 2.75) is 25.6 Å². The molecule has 0 aliphatic rings. The molecular weight excluding hydrogens is 184 g/mol. The van der Waals surface area contributed by atoms with Crippen LogP contribution in [0.3, 0.4) is 0 Å². The van der Waals surface area contributed by atoms with Crippen LogP contribution in [0.15, 0.2) is 24.3 Å². The van der Waals surface area contributed by atoms with Gasteiger partial charge in [0.1, 0.15) is 5.75 Å². The summed E-state index contributed by atoms with van der Waals surface area (Å²) in [6.07, 6.45) is 0.922. The number of benzene rings is 1. The van der Waals surface area contributed by atoms with Gasteiger partial charge in [-0.15, -0.1) is 11.6 Å². The summed E-state index contributed by atoms with van der Waals surface area (Å²) in [7, 11) is 0. The van der Waals surface area contributed by atoms with E-state index in [1.165, 1.54) is 0 Å². The van der Waals surface area contributed by atoms with Gasteiger partial charge in [-0.2, -0.15) is 0 Å². The molecule has 1 rings (SSSR count). The van der Waals surface area contributed by atoms with Crippen molar-refractivity contribution in [2.24, 2.45) is 0 Å². The summed E-state index contributed by atoms with van der Waals surface area (Å²) < 4.78 is 5.48. The molecule has 0 amide bonds. The summed E-state index contributed by atoms with van der Waals surface area (Å²) >= 11 is 6.15. The molecule has 13 heavy (non-hydrogen) atoms. The highest BCUT2D eigenvalue weighted by molar-refractivity contribution is 6.21. The minimum atomic E-state index is 0.0581. The molecule has 0 fully saturated rings. The molecule has 0 N–H and O–H groups in total. The Balaban J connectivity index is 2.90. The van der Waals surface area contributed by atoms with Crippen molar-refractivity contribution in [1.29, 1.82) is 0 Å². The van der Waals surface area contributed by atoms with Crippen LogP contribution >= 0.6 is 11.6 Å². The normalized spacial score (nSPS) is 12.5. The predicted molar refractivity (Wildman–Crippen MR) is 56.5 cm³/mol. The number of ether oxygens (including phenoxy) is 1. The molecule has 0 saturated heterocycles. The second-order valence-electron chi connectivity index (χ2n) is 2.85. The van der Waals surface area contributed by atoms with Crippen molar-refractivity contribution >= 4 is 11.6 Å². The van der Waals surface area contributed by atoms with Gasteiger partial charge in [0.25, 0.3) is 0 Å². The van der Waals surface area contributed by atoms with E-state index in [0.717, 1.165) is 17.7 Å². The lowest BCUT2D eigenvalue weighted by Gasteiger charge is -2.12. The van der Waals surface area contributed by atoms with E-state index in [-0.39, 0.29) is 5.38 Å². The first-order valence-electron chi connectivity index (χ1n) is 4.65. The Morgan fingerprint density at radius 1 is 1.31 bits per heavy atom. The van der Waals surface area contributed by atoms with Crippen molar-refractivity contribution in [3.05, 3.63) is 29.8 Å². The number of alkyl halides is 1. The third kappa shape index (κ3) is 2.63. The molecule has 0 radical (unpaired) electrons. The van der Waals surface area contributed by atoms with E-state index in [1.807, 2.05) is 31.2 Å². The van der Waals surface area contributed by atoms with Gasteiger partial charge in [0, 0.05) is 5.56 Å². The Bertz CT molecular complexity index is 260. The highest BCUT2D eigenvalue weighted by Crippen LogP contribution is 2.31. The SMILES string of the molecule is CCOc1ccccc1C(Cl)CC. The molecule has 0 spiro atoms. The second kappa shape index (κ2) is 5.13. The molecule has 1 aromatic carbocycles. The van der Waals surface area contributed by atoms with Gasteiger partial charge >= 0.3 is 0 Å². The summed E-state index contributed by atoms with van der Waals surface area (Å²) in [5.41, 5.74) is 1.09. The van der Waals surface area contributed by atoms with Gasteiger partial charge in [-0.3, -0.25) is 0 Å². The van der Waals surface area contributed by atoms with Crippen LogP contribution in [-0.2, 0) is 0 Å². The topological polar surface area (TPSA) is 9.23 Å². The molecule has 0 heterocycles. The molecular formula is C11H15ClO. The van der Waals surface area contributed by atoms with Crippen molar-refractivity contribution in [3.63, 3.8) is 0 Å². The van der Waals surface area contributed by atoms with E-state index in [1.54, 1.807) is 0 Å². The smallest absolute Gasteiger partial charge is 0.123 e. The maximum Gasteiger partial charge on any atom is 0.123 e. The molecule has 0 aliphatic carbocycles. The van der Waals surface area contributed by atoms with Crippen molar-refractivity contribution < 1.29 is 4.74 Å². The summed E-state index contributed by atoms with van der Waals surface area (Å²) in [6, 6.07) is 7.94. The molecule has 72 valence electrons. The molecule has 0 saturated carbocycles. The van der Waals surface area contributed by atoms with E-state index in [4.69, 9.17) is 16.3 Å². The Hall–Kier alpha value is -0.690. The van der Waals surface area contributed by atoms with Gasteiger partial charge in [0.2, 0.25) is 0 Å². The lowest BCUT2D eigenvalue weighted by Crippen LogP contribution is -1.97. The zero-order valence-electron chi connectivity index (χ0n) is 8.09. The van der Waals surface area contributed by atoms with Crippen molar-refractivity contribution in [2.75, 3.05) is 6.61 Å². The van der Waals surface area contributed by atoms with Crippen molar-refractivity contribution in [1.82, 2.24) is 0 Å². The summed E-state index contributed by atoms with van der Waals surface area (Å²) in [5.74, 6) is 0.909. The molecule has 1 atom stereocenters. The van der Waals surface area contributed by atoms with E-state index in [9.17, 15) is 0 Å². The van der Waals surface area contributed by atoms with Crippen LogP contribution in [0.1, 0.15) is 31.2 Å². The average molecular weight is 199 g/mol. The standard InChI is InChI=1S/C11H15ClO/c1-3-10(12)9-7-5-6-8-11(9)13-4-2/h5-8,10H,3-4H2,1-2H3. The lowest BCUT2D eigenvalue weighted by molar-refractivity contribution is 0.336. The monoisotopic (exact) mass is 198 g/mol. The Morgan fingerprint density at radius 2 is 2.00 bits per heavy atom. The summed E-state index contributed by atoms with van der Waals surface area (Å²) in [4.78, 5) is 0. The maximum atomic E-state index is 6.15. The molecule has 1 aromatic rings. The average Bonchev–Trinajstić information content (AvgIpc) is 2.18. The van der Waals surface area contributed by atoms with Crippen LogP contribution < -0.4 is 4.74 Å². The fourth-order valence-corrected chi connectivity index (χ4v) is 1.43. The van der Waals surface area contributed by atoms with Crippen LogP contribution in [0.5, 0.6) is 5.75 Å². The maximum absolute atomic E-state index is 6.15. The van der Waals surface area contributed by atoms with Crippen LogP contribution in [0.4, 0.5) is 0 Å². The number of para-hydroxylation sites is 1. The van der Waals surface area contributed by atoms with E-state index < -0.39 is 0 Å². The second-order valence-corrected chi connectivity index (χ2v) is 3.37. The predicted octanol–water partition coefficient (Wildman–Crippen LogP) is 3.78. The van der Waals surface area contributed by atoms with Crippen LogP contribution in [0, 0.1) is 0 Å². The zero-order chi connectivity index (χ0) is 9.68. The van der Waals surface area contributed by atoms with Gasteiger partial charge in [0.05, 0.1) is 12.0 Å². The molecule has 0 aliphatic heterocycles. The van der Waals surface area contributed by atoms with Crippen LogP contribution in [-0.4, -0.2) is 6.61 Å². The molecule has 0 aromatic heterocycles. The Labute approximate surface area is 84.7 Å². The molecule has 2 heteroatoms. The summed E-state index contributed by atoms with van der Waals surface area (Å²) in [5, 5.41) is 0.0581. The quantitative estimate of drug-likeness (QED) is 0.670. The Kier molecular flexibility index (Phi) is 4.10. The minimum absolute atomic E-state index is 0.0581. The first-order chi connectivity index (χ1) is 6.29. The minimum Gasteiger partial charge on any atom is -0.494 e. The number of halogens is 1. The largest absolute Gasteiger partial charge is 0.494 e. The van der Waals surface area contributed by atoms with E-state index in [2.05, 4.69) is 6.92 Å². The first kappa shape index (κ1) is 10.4. The van der Waals surface area contributed by atoms with E-state index in [0.29, 0.717) is 6.61 Å². The van der Waals surface area contributed by atoms with Gasteiger partial charge in [-0.05, 0) is 19.4 Å². The third-order valence-electron chi connectivity index (χ3n) is 1.91. The van der Waals surface area contributed by atoms with Crippen LogP contribution in [0.25, 0.3) is 0 Å². The number of rotatable bonds is 4. The van der Waals surface area contributed by atoms with Crippen molar-refractivity contribution in [3.8, 4) is 5.75 Å². The number of hydrogen-bond donors (Lipinski definition) is 0.